The molecular weight excluding hydrogens is 416 g/mol. The lowest BCUT2D eigenvalue weighted by atomic mass is 10.0. The monoisotopic (exact) mass is 435 g/mol. The lowest BCUT2D eigenvalue weighted by Crippen LogP contribution is -2.26. The number of halogens is 2. The number of nitrogens with zero attached hydrogens (tertiary/aromatic N) is 2. The molecule has 0 atom stereocenters. The molecule has 0 bridgehead atoms. The molecule has 4 heterocycles. The third-order valence-electron chi connectivity index (χ3n) is 6.19. The van der Waals surface area contributed by atoms with Crippen molar-refractivity contribution in [1.82, 2.24) is 9.55 Å². The zero-order valence-corrected chi connectivity index (χ0v) is 17.2. The summed E-state index contributed by atoms with van der Waals surface area (Å²) in [4.78, 5) is 17.6. The van der Waals surface area contributed by atoms with Crippen LogP contribution in [0.2, 0.25) is 0 Å². The van der Waals surface area contributed by atoms with Crippen LogP contribution in [0, 0.1) is 11.6 Å². The largest absolute Gasteiger partial charge is 0.454 e. The lowest BCUT2D eigenvalue weighted by Gasteiger charge is -2.26. The molecule has 2 aromatic carbocycles. The minimum absolute atomic E-state index is 0.178. The van der Waals surface area contributed by atoms with E-state index < -0.39 is 11.6 Å². The number of aryl methyl sites for hydroxylation is 1. The number of aromatic amines is 1. The van der Waals surface area contributed by atoms with Crippen LogP contribution in [-0.4, -0.2) is 22.9 Å². The first-order chi connectivity index (χ1) is 15.5. The highest BCUT2D eigenvalue weighted by Crippen LogP contribution is 2.42. The van der Waals surface area contributed by atoms with Crippen molar-refractivity contribution in [2.45, 2.75) is 13.0 Å². The van der Waals surface area contributed by atoms with Crippen molar-refractivity contribution in [3.05, 3.63) is 75.8 Å². The van der Waals surface area contributed by atoms with E-state index in [0.717, 1.165) is 17.2 Å². The summed E-state index contributed by atoms with van der Waals surface area (Å²) in [7, 11) is 1.64. The van der Waals surface area contributed by atoms with Gasteiger partial charge in [-0.15, -0.1) is 0 Å². The molecule has 6 nitrogen and oxygen atoms in total. The maximum atomic E-state index is 15.2. The molecule has 0 spiro atoms. The Bertz CT molecular complexity index is 1460. The van der Waals surface area contributed by atoms with Crippen LogP contribution in [0.15, 0.2) is 47.5 Å². The molecule has 2 aliphatic rings. The quantitative estimate of drug-likeness (QED) is 0.526. The summed E-state index contributed by atoms with van der Waals surface area (Å²) in [6, 6.07) is 8.00. The molecule has 1 N–H and O–H groups in total. The van der Waals surface area contributed by atoms with Crippen molar-refractivity contribution in [2.75, 3.05) is 18.2 Å². The van der Waals surface area contributed by atoms with Crippen LogP contribution in [-0.2, 0) is 20.0 Å². The maximum absolute atomic E-state index is 15.2. The van der Waals surface area contributed by atoms with E-state index in [1.54, 1.807) is 19.4 Å². The predicted octanol–water partition coefficient (Wildman–Crippen LogP) is 4.10. The Morgan fingerprint density at radius 1 is 1.09 bits per heavy atom. The standard InChI is InChI=1S/C24H19F2N3O3/c1-28-11-17-16-7-15(25)8-18(26)23(16)29(10-14-9-27-22(21(14)17)24(28)30)5-4-13-2-3-19-20(6-13)32-12-31-19/h2-3,6-9,11,27H,4-5,10,12H2,1H3. The zero-order chi connectivity index (χ0) is 22.0. The number of hydrogen-bond acceptors (Lipinski definition) is 4. The van der Waals surface area contributed by atoms with E-state index in [-0.39, 0.29) is 12.4 Å². The van der Waals surface area contributed by atoms with Gasteiger partial charge in [-0.1, -0.05) is 6.07 Å². The summed E-state index contributed by atoms with van der Waals surface area (Å²) < 4.78 is 41.7. The van der Waals surface area contributed by atoms with Crippen molar-refractivity contribution in [1.29, 1.82) is 0 Å². The summed E-state index contributed by atoms with van der Waals surface area (Å²) in [6.07, 6.45) is 4.06. The van der Waals surface area contributed by atoms with E-state index in [2.05, 4.69) is 4.98 Å². The highest BCUT2D eigenvalue weighted by Gasteiger charge is 2.27. The van der Waals surface area contributed by atoms with Gasteiger partial charge >= 0.3 is 0 Å². The number of aromatic nitrogens is 2. The molecule has 0 fully saturated rings. The maximum Gasteiger partial charge on any atom is 0.274 e. The molecule has 162 valence electrons. The fraction of sp³-hybridized carbons (Fsp3) is 0.208. The Morgan fingerprint density at radius 2 is 1.94 bits per heavy atom. The Balaban J connectivity index is 1.46. The summed E-state index contributed by atoms with van der Waals surface area (Å²) in [6.45, 7) is 1.09. The molecule has 32 heavy (non-hydrogen) atoms. The Hall–Kier alpha value is -3.81. The van der Waals surface area contributed by atoms with Crippen LogP contribution in [0.3, 0.4) is 0 Å². The van der Waals surface area contributed by atoms with Crippen LogP contribution >= 0.6 is 0 Å². The Labute approximate surface area is 181 Å². The van der Waals surface area contributed by atoms with Crippen molar-refractivity contribution >= 4 is 16.6 Å². The Morgan fingerprint density at radius 3 is 2.81 bits per heavy atom. The molecule has 0 saturated heterocycles. The fourth-order valence-electron chi connectivity index (χ4n) is 4.69. The topological polar surface area (TPSA) is 59.5 Å². The van der Waals surface area contributed by atoms with E-state index in [4.69, 9.17) is 9.47 Å². The second kappa shape index (κ2) is 6.85. The first-order valence-corrected chi connectivity index (χ1v) is 10.3. The lowest BCUT2D eigenvalue weighted by molar-refractivity contribution is 0.174. The summed E-state index contributed by atoms with van der Waals surface area (Å²) in [5.74, 6) is 0.129. The van der Waals surface area contributed by atoms with Gasteiger partial charge < -0.3 is 23.9 Å². The molecule has 6 rings (SSSR count). The molecule has 0 amide bonds. The third-order valence-corrected chi connectivity index (χ3v) is 6.19. The number of fused-ring (bicyclic) bond motifs is 3. The van der Waals surface area contributed by atoms with Gasteiger partial charge in [-0.2, -0.15) is 0 Å². The van der Waals surface area contributed by atoms with Gasteiger partial charge in [0.25, 0.3) is 5.56 Å². The first kappa shape index (κ1) is 18.9. The smallest absolute Gasteiger partial charge is 0.274 e. The van der Waals surface area contributed by atoms with Crippen molar-refractivity contribution in [2.24, 2.45) is 7.05 Å². The average molecular weight is 435 g/mol. The fourth-order valence-corrected chi connectivity index (χ4v) is 4.69. The normalized spacial score (nSPS) is 14.0. The number of rotatable bonds is 3. The van der Waals surface area contributed by atoms with Gasteiger partial charge in [-0.25, -0.2) is 8.78 Å². The zero-order valence-electron chi connectivity index (χ0n) is 17.2. The van der Waals surface area contributed by atoms with Crippen LogP contribution in [0.4, 0.5) is 14.5 Å². The minimum atomic E-state index is -0.655. The van der Waals surface area contributed by atoms with E-state index in [0.29, 0.717) is 58.7 Å². The van der Waals surface area contributed by atoms with Crippen molar-refractivity contribution in [3.8, 4) is 22.6 Å². The number of benzene rings is 2. The van der Waals surface area contributed by atoms with E-state index >= 15 is 4.39 Å². The van der Waals surface area contributed by atoms with Gasteiger partial charge in [0.05, 0.1) is 5.69 Å². The highest BCUT2D eigenvalue weighted by molar-refractivity contribution is 6.01. The number of pyridine rings is 1. The minimum Gasteiger partial charge on any atom is -0.454 e. The van der Waals surface area contributed by atoms with E-state index in [1.807, 2.05) is 23.1 Å². The van der Waals surface area contributed by atoms with E-state index in [1.165, 1.54) is 10.6 Å². The SMILES string of the molecule is Cn1cc2c3c(c[nH]c3c1=O)CN(CCc1ccc3c(c1)OCO3)c1c(F)cc(F)cc1-2. The van der Waals surface area contributed by atoms with Gasteiger partial charge in [0.2, 0.25) is 6.79 Å². The van der Waals surface area contributed by atoms with Gasteiger partial charge in [-0.3, -0.25) is 4.79 Å². The van der Waals surface area contributed by atoms with E-state index in [9.17, 15) is 9.18 Å². The van der Waals surface area contributed by atoms with Crippen LogP contribution in [0.25, 0.3) is 22.0 Å². The summed E-state index contributed by atoms with van der Waals surface area (Å²) >= 11 is 0. The Kier molecular flexibility index (Phi) is 4.05. The third kappa shape index (κ3) is 2.79. The average Bonchev–Trinajstić information content (AvgIpc) is 3.37. The second-order valence-electron chi connectivity index (χ2n) is 8.17. The molecule has 4 aromatic rings. The van der Waals surface area contributed by atoms with Gasteiger partial charge in [-0.05, 0) is 35.7 Å². The summed E-state index contributed by atoms with van der Waals surface area (Å²) in [5.41, 5.74) is 3.56. The molecule has 2 aromatic heterocycles. The van der Waals surface area contributed by atoms with Crippen LogP contribution in [0.1, 0.15) is 11.1 Å². The first-order valence-electron chi connectivity index (χ1n) is 10.3. The van der Waals surface area contributed by atoms with Gasteiger partial charge in [0.15, 0.2) is 11.5 Å². The molecule has 2 aliphatic heterocycles. The highest BCUT2D eigenvalue weighted by atomic mass is 19.1. The molecule has 0 aliphatic carbocycles. The number of anilines is 1. The van der Waals surface area contributed by atoms with Gasteiger partial charge in [0, 0.05) is 55.1 Å². The number of nitrogens with one attached hydrogen (secondary N) is 1. The molecule has 0 saturated carbocycles. The number of H-pyrrole nitrogens is 1. The molecule has 8 heteroatoms. The molecule has 0 radical (unpaired) electrons. The van der Waals surface area contributed by atoms with Crippen molar-refractivity contribution in [3.63, 3.8) is 0 Å². The summed E-state index contributed by atoms with van der Waals surface area (Å²) in [5, 5.41) is 0.713. The van der Waals surface area contributed by atoms with Crippen LogP contribution < -0.4 is 19.9 Å². The number of ether oxygens (including phenoxy) is 2. The number of hydrogen-bond donors (Lipinski definition) is 1. The van der Waals surface area contributed by atoms with Gasteiger partial charge in [0.1, 0.15) is 17.2 Å². The van der Waals surface area contributed by atoms with Crippen molar-refractivity contribution < 1.29 is 18.3 Å². The van der Waals surface area contributed by atoms with Crippen LogP contribution in [0.5, 0.6) is 11.5 Å². The molecule has 0 unspecified atom stereocenters. The second-order valence-corrected chi connectivity index (χ2v) is 8.17. The molecular formula is C24H19F2N3O3. The predicted molar refractivity (Wildman–Crippen MR) is 116 cm³/mol.